The normalized spacial score (nSPS) is 13.6. The number of nitriles is 1. The van der Waals surface area contributed by atoms with Crippen molar-refractivity contribution in [2.24, 2.45) is 0 Å². The van der Waals surface area contributed by atoms with Crippen LogP contribution in [0, 0.1) is 11.3 Å². The first kappa shape index (κ1) is 26.6. The number of ether oxygens (including phenoxy) is 1. The number of piperazine rings is 1. The molecule has 210 valence electrons. The summed E-state index contributed by atoms with van der Waals surface area (Å²) >= 11 is 0. The molecule has 0 atom stereocenters. The van der Waals surface area contributed by atoms with Crippen LogP contribution in [0.1, 0.15) is 11.1 Å². The Bertz CT molecular complexity index is 1770. The lowest BCUT2D eigenvalue weighted by molar-refractivity contribution is -0.137. The van der Waals surface area contributed by atoms with Gasteiger partial charge < -0.3 is 19.9 Å². The first-order chi connectivity index (χ1) is 20.4. The first-order valence-electron chi connectivity index (χ1n) is 12.8. The third kappa shape index (κ3) is 5.66. The van der Waals surface area contributed by atoms with E-state index in [1.165, 1.54) is 6.07 Å². The second-order valence-corrected chi connectivity index (χ2v) is 9.19. The second kappa shape index (κ2) is 11.1. The van der Waals surface area contributed by atoms with Crippen LogP contribution in [-0.2, 0) is 6.18 Å². The van der Waals surface area contributed by atoms with Crippen LogP contribution in [0.3, 0.4) is 0 Å². The topological polar surface area (TPSA) is 129 Å². The van der Waals surface area contributed by atoms with Crippen molar-refractivity contribution >= 4 is 34.4 Å². The van der Waals surface area contributed by atoms with E-state index in [-0.39, 0.29) is 23.6 Å². The van der Waals surface area contributed by atoms with Gasteiger partial charge in [0.2, 0.25) is 17.8 Å². The molecule has 1 aliphatic rings. The smallest absolute Gasteiger partial charge is 0.417 e. The lowest BCUT2D eigenvalue weighted by Crippen LogP contribution is -2.47. The van der Waals surface area contributed by atoms with Crippen LogP contribution in [0.25, 0.3) is 10.9 Å². The van der Waals surface area contributed by atoms with Crippen LogP contribution in [0.15, 0.2) is 73.2 Å². The molecule has 0 spiro atoms. The van der Waals surface area contributed by atoms with Gasteiger partial charge in [-0.25, -0.2) is 9.97 Å². The van der Waals surface area contributed by atoms with Gasteiger partial charge in [0.05, 0.1) is 22.7 Å². The number of nitrogens with one attached hydrogen (secondary N) is 1. The van der Waals surface area contributed by atoms with Gasteiger partial charge in [-0.15, -0.1) is 0 Å². The van der Waals surface area contributed by atoms with E-state index < -0.39 is 17.3 Å². The minimum atomic E-state index is -4.72. The van der Waals surface area contributed by atoms with E-state index >= 15 is 0 Å². The second-order valence-electron chi connectivity index (χ2n) is 9.19. The summed E-state index contributed by atoms with van der Waals surface area (Å²) < 4.78 is 46.8. The zero-order valence-electron chi connectivity index (χ0n) is 21.8. The molecule has 1 saturated heterocycles. The Hall–Kier alpha value is -5.58. The molecular weight excluding hydrogens is 549 g/mol. The Kier molecular flexibility index (Phi) is 7.05. The van der Waals surface area contributed by atoms with E-state index in [1.807, 2.05) is 34.1 Å². The summed E-state index contributed by atoms with van der Waals surface area (Å²) in [6.07, 6.45) is 0.238. The molecule has 0 amide bonds. The molecule has 14 heteroatoms. The highest BCUT2D eigenvalue weighted by molar-refractivity contribution is 5.84. The summed E-state index contributed by atoms with van der Waals surface area (Å²) in [5.41, 5.74) is -0.800. The zero-order chi connectivity index (χ0) is 29.1. The highest BCUT2D eigenvalue weighted by atomic mass is 19.4. The molecule has 1 aliphatic heterocycles. The van der Waals surface area contributed by atoms with Crippen molar-refractivity contribution in [1.82, 2.24) is 29.9 Å². The lowest BCUT2D eigenvalue weighted by atomic mass is 10.1. The Labute approximate surface area is 237 Å². The molecule has 0 aliphatic carbocycles. The number of aromatic nitrogens is 6. The number of rotatable bonds is 6. The number of alkyl halides is 3. The van der Waals surface area contributed by atoms with E-state index in [0.717, 1.165) is 17.5 Å². The molecule has 1 N–H and O–H groups in total. The number of nitrogens with zero attached hydrogens (tertiary/aromatic N) is 9. The van der Waals surface area contributed by atoms with Crippen molar-refractivity contribution in [3.8, 4) is 17.8 Å². The van der Waals surface area contributed by atoms with Crippen LogP contribution >= 0.6 is 0 Å². The fraction of sp³-hybridized carbons (Fsp3) is 0.179. The lowest BCUT2D eigenvalue weighted by Gasteiger charge is -2.34. The first-order valence-corrected chi connectivity index (χ1v) is 12.8. The SMILES string of the molecule is N#Cc1ccc(Nc2nc(Oc3ccnc4ccccc34)nc(N3CCN(c4ncccn4)CC3)n2)cc1C(F)(F)F. The average molecular weight is 571 g/mol. The monoisotopic (exact) mass is 570 g/mol. The molecule has 3 aromatic heterocycles. The molecule has 1 fully saturated rings. The maximum Gasteiger partial charge on any atom is 0.417 e. The molecule has 4 heterocycles. The van der Waals surface area contributed by atoms with Crippen molar-refractivity contribution in [3.63, 3.8) is 0 Å². The van der Waals surface area contributed by atoms with E-state index in [9.17, 15) is 13.2 Å². The summed E-state index contributed by atoms with van der Waals surface area (Å²) in [6.45, 7) is 2.23. The standard InChI is InChI=1S/C28H21F3N10O/c29-28(30,31)21-16-19(7-6-18(21)17-32)36-24-37-26(41-14-12-40(13-15-41)25-34-9-3-10-35-25)39-27(38-24)42-23-8-11-33-22-5-2-1-4-20(22)23/h1-11,16H,12-15H2,(H,36,37,38,39). The average Bonchev–Trinajstić information content (AvgIpc) is 3.01. The number of halogens is 3. The third-order valence-electron chi connectivity index (χ3n) is 6.51. The summed E-state index contributed by atoms with van der Waals surface area (Å²) in [7, 11) is 0. The van der Waals surface area contributed by atoms with Gasteiger partial charge in [0, 0.05) is 55.8 Å². The van der Waals surface area contributed by atoms with E-state index in [2.05, 4.69) is 35.2 Å². The van der Waals surface area contributed by atoms with Crippen LogP contribution in [0.4, 0.5) is 36.7 Å². The van der Waals surface area contributed by atoms with Gasteiger partial charge >= 0.3 is 12.2 Å². The van der Waals surface area contributed by atoms with Crippen LogP contribution < -0.4 is 19.9 Å². The van der Waals surface area contributed by atoms with E-state index in [1.54, 1.807) is 36.8 Å². The molecule has 5 aromatic rings. The number of fused-ring (bicyclic) bond motifs is 1. The van der Waals surface area contributed by atoms with Crippen molar-refractivity contribution in [2.45, 2.75) is 6.18 Å². The fourth-order valence-corrected chi connectivity index (χ4v) is 4.49. The van der Waals surface area contributed by atoms with Gasteiger partial charge in [-0.2, -0.15) is 33.4 Å². The van der Waals surface area contributed by atoms with Crippen LogP contribution in [0.2, 0.25) is 0 Å². The number of hydrogen-bond acceptors (Lipinski definition) is 11. The summed E-state index contributed by atoms with van der Waals surface area (Å²) in [6, 6.07) is 15.6. The minimum Gasteiger partial charge on any atom is -0.423 e. The fourth-order valence-electron chi connectivity index (χ4n) is 4.49. The van der Waals surface area contributed by atoms with Gasteiger partial charge in [0.1, 0.15) is 5.75 Å². The molecule has 2 aromatic carbocycles. The van der Waals surface area contributed by atoms with Gasteiger partial charge in [-0.1, -0.05) is 12.1 Å². The van der Waals surface area contributed by atoms with Crippen LogP contribution in [-0.4, -0.2) is 56.1 Å². The summed E-state index contributed by atoms with van der Waals surface area (Å²) in [4.78, 5) is 30.3. The summed E-state index contributed by atoms with van der Waals surface area (Å²) in [5, 5.41) is 12.7. The van der Waals surface area contributed by atoms with Crippen molar-refractivity contribution < 1.29 is 17.9 Å². The molecule has 11 nitrogen and oxygen atoms in total. The molecule has 0 radical (unpaired) electrons. The van der Waals surface area contributed by atoms with Gasteiger partial charge in [-0.3, -0.25) is 4.98 Å². The highest BCUT2D eigenvalue weighted by Gasteiger charge is 2.34. The van der Waals surface area contributed by atoms with Crippen molar-refractivity contribution in [1.29, 1.82) is 5.26 Å². The van der Waals surface area contributed by atoms with Gasteiger partial charge in [-0.05, 0) is 42.5 Å². The van der Waals surface area contributed by atoms with Crippen molar-refractivity contribution in [3.05, 3.63) is 84.3 Å². The number of pyridine rings is 1. The summed E-state index contributed by atoms with van der Waals surface area (Å²) in [5.74, 6) is 1.32. The zero-order valence-corrected chi connectivity index (χ0v) is 21.8. The third-order valence-corrected chi connectivity index (χ3v) is 6.51. The molecular formula is C28H21F3N10O. The predicted octanol–water partition coefficient (Wildman–Crippen LogP) is 4.96. The Balaban J connectivity index is 1.33. The van der Waals surface area contributed by atoms with Crippen LogP contribution in [0.5, 0.6) is 11.8 Å². The number of anilines is 4. The Morgan fingerprint density at radius 2 is 1.55 bits per heavy atom. The number of benzene rings is 2. The highest BCUT2D eigenvalue weighted by Crippen LogP contribution is 2.34. The van der Waals surface area contributed by atoms with Gasteiger partial charge in [0.15, 0.2) is 0 Å². The maximum absolute atomic E-state index is 13.6. The predicted molar refractivity (Wildman–Crippen MR) is 148 cm³/mol. The molecule has 0 saturated carbocycles. The van der Waals surface area contributed by atoms with Gasteiger partial charge in [0.25, 0.3) is 0 Å². The number of hydrogen-bond donors (Lipinski definition) is 1. The number of para-hydroxylation sites is 1. The Morgan fingerprint density at radius 3 is 2.29 bits per heavy atom. The quantitative estimate of drug-likeness (QED) is 0.297. The molecule has 6 rings (SSSR count). The largest absolute Gasteiger partial charge is 0.423 e. The molecule has 42 heavy (non-hydrogen) atoms. The molecule has 0 unspecified atom stereocenters. The minimum absolute atomic E-state index is 0.0278. The van der Waals surface area contributed by atoms with E-state index in [4.69, 9.17) is 10.00 Å². The van der Waals surface area contributed by atoms with E-state index in [0.29, 0.717) is 43.4 Å². The Morgan fingerprint density at radius 1 is 0.810 bits per heavy atom. The maximum atomic E-state index is 13.6. The molecule has 0 bridgehead atoms. The van der Waals surface area contributed by atoms with Crippen molar-refractivity contribution in [2.75, 3.05) is 41.3 Å².